The first-order valence-electron chi connectivity index (χ1n) is 4.16. The smallest absolute Gasteiger partial charge is 0.288 e. The van der Waals surface area contributed by atoms with Crippen LogP contribution in [0.15, 0.2) is 29.3 Å². The fourth-order valence-corrected chi connectivity index (χ4v) is 1.57. The number of hydrogen-bond donors (Lipinski definition) is 2. The number of H-pyrrole nitrogens is 2. The molecule has 0 atom stereocenters. The third-order valence-electron chi connectivity index (χ3n) is 2.20. The van der Waals surface area contributed by atoms with E-state index >= 15 is 0 Å². The van der Waals surface area contributed by atoms with Gasteiger partial charge in [-0.3, -0.25) is 4.79 Å². The molecule has 3 heterocycles. The predicted molar refractivity (Wildman–Crippen MR) is 52.0 cm³/mol. The molecule has 3 aromatic rings. The number of nitrogens with zero attached hydrogens (tertiary/aromatic N) is 2. The van der Waals surface area contributed by atoms with Gasteiger partial charge in [-0.15, -0.1) is 0 Å². The van der Waals surface area contributed by atoms with Crippen LogP contribution >= 0.6 is 0 Å². The molecule has 2 N–H and O–H groups in total. The van der Waals surface area contributed by atoms with Gasteiger partial charge in [0.15, 0.2) is 0 Å². The van der Waals surface area contributed by atoms with Crippen molar-refractivity contribution in [3.05, 3.63) is 34.9 Å². The molecule has 0 unspecified atom stereocenters. The molecule has 0 aliphatic carbocycles. The summed E-state index contributed by atoms with van der Waals surface area (Å²) >= 11 is 0. The molecule has 0 fully saturated rings. The Hall–Kier alpha value is -2.17. The second-order valence-corrected chi connectivity index (χ2v) is 3.01. The third-order valence-corrected chi connectivity index (χ3v) is 2.20. The Morgan fingerprint density at radius 2 is 2.21 bits per heavy atom. The molecule has 0 bridgehead atoms. The summed E-state index contributed by atoms with van der Waals surface area (Å²) < 4.78 is 0. The molecule has 0 aliphatic heterocycles. The SMILES string of the molecule is O=c1[nH]ncc2c1[nH]c1ncccc12. The number of aromatic amines is 2. The molecule has 0 spiro atoms. The molecule has 0 aliphatic rings. The molecule has 0 saturated heterocycles. The van der Waals surface area contributed by atoms with Gasteiger partial charge in [0, 0.05) is 17.0 Å². The number of aromatic nitrogens is 4. The molecule has 5 heteroatoms. The lowest BCUT2D eigenvalue weighted by Gasteiger charge is -1.86. The van der Waals surface area contributed by atoms with Crippen LogP contribution in [0.1, 0.15) is 0 Å². The molecule has 0 radical (unpaired) electrons. The Morgan fingerprint density at radius 1 is 1.29 bits per heavy atom. The average molecular weight is 186 g/mol. The van der Waals surface area contributed by atoms with E-state index in [1.54, 1.807) is 12.4 Å². The van der Waals surface area contributed by atoms with Gasteiger partial charge in [-0.05, 0) is 12.1 Å². The van der Waals surface area contributed by atoms with Crippen molar-refractivity contribution in [2.24, 2.45) is 0 Å². The summed E-state index contributed by atoms with van der Waals surface area (Å²) in [5.74, 6) is 0. The molecule has 0 amide bonds. The minimum atomic E-state index is -0.222. The summed E-state index contributed by atoms with van der Waals surface area (Å²) in [6.07, 6.45) is 3.30. The quantitative estimate of drug-likeness (QED) is 0.545. The van der Waals surface area contributed by atoms with E-state index in [1.165, 1.54) is 0 Å². The summed E-state index contributed by atoms with van der Waals surface area (Å²) in [6.45, 7) is 0. The van der Waals surface area contributed by atoms with Gasteiger partial charge < -0.3 is 4.98 Å². The van der Waals surface area contributed by atoms with Crippen LogP contribution in [0.5, 0.6) is 0 Å². The highest BCUT2D eigenvalue weighted by Gasteiger charge is 2.06. The molecule has 14 heavy (non-hydrogen) atoms. The van der Waals surface area contributed by atoms with Crippen molar-refractivity contribution in [3.63, 3.8) is 0 Å². The highest BCUT2D eigenvalue weighted by atomic mass is 16.1. The maximum atomic E-state index is 11.4. The Bertz CT molecular complexity index is 667. The third kappa shape index (κ3) is 0.806. The van der Waals surface area contributed by atoms with Gasteiger partial charge in [0.1, 0.15) is 11.2 Å². The normalized spacial score (nSPS) is 11.1. The van der Waals surface area contributed by atoms with Crippen molar-refractivity contribution in [1.82, 2.24) is 20.2 Å². The molecule has 0 saturated carbocycles. The van der Waals surface area contributed by atoms with Crippen molar-refractivity contribution >= 4 is 21.9 Å². The maximum Gasteiger partial charge on any atom is 0.288 e. The van der Waals surface area contributed by atoms with Crippen LogP contribution in [0.4, 0.5) is 0 Å². The summed E-state index contributed by atoms with van der Waals surface area (Å²) in [4.78, 5) is 18.4. The van der Waals surface area contributed by atoms with Crippen molar-refractivity contribution in [2.75, 3.05) is 0 Å². The Morgan fingerprint density at radius 3 is 3.14 bits per heavy atom. The minimum Gasteiger partial charge on any atom is -0.335 e. The first kappa shape index (κ1) is 7.25. The average Bonchev–Trinajstić information content (AvgIpc) is 2.59. The topological polar surface area (TPSA) is 74.4 Å². The molecular weight excluding hydrogens is 180 g/mol. The van der Waals surface area contributed by atoms with Gasteiger partial charge in [0.25, 0.3) is 5.56 Å². The van der Waals surface area contributed by atoms with E-state index in [0.29, 0.717) is 11.2 Å². The van der Waals surface area contributed by atoms with E-state index in [2.05, 4.69) is 20.2 Å². The second-order valence-electron chi connectivity index (χ2n) is 3.01. The number of pyridine rings is 1. The lowest BCUT2D eigenvalue weighted by atomic mass is 10.2. The summed E-state index contributed by atoms with van der Waals surface area (Å²) in [6, 6.07) is 3.74. The molecule has 0 aromatic carbocycles. The van der Waals surface area contributed by atoms with Crippen molar-refractivity contribution in [1.29, 1.82) is 0 Å². The van der Waals surface area contributed by atoms with Gasteiger partial charge >= 0.3 is 0 Å². The molecule has 3 aromatic heterocycles. The van der Waals surface area contributed by atoms with Gasteiger partial charge in [-0.25, -0.2) is 10.1 Å². The fourth-order valence-electron chi connectivity index (χ4n) is 1.57. The van der Waals surface area contributed by atoms with Crippen LogP contribution < -0.4 is 5.56 Å². The van der Waals surface area contributed by atoms with E-state index in [4.69, 9.17) is 0 Å². The summed E-state index contributed by atoms with van der Waals surface area (Å²) in [5, 5.41) is 7.84. The Balaban J connectivity index is 2.70. The lowest BCUT2D eigenvalue weighted by molar-refractivity contribution is 1.01. The van der Waals surface area contributed by atoms with Crippen molar-refractivity contribution < 1.29 is 0 Å². The van der Waals surface area contributed by atoms with Crippen LogP contribution in [-0.4, -0.2) is 20.2 Å². The predicted octanol–water partition coefficient (Wildman–Crippen LogP) is 0.799. The maximum absolute atomic E-state index is 11.4. The first-order chi connectivity index (χ1) is 6.86. The van der Waals surface area contributed by atoms with E-state index in [9.17, 15) is 4.79 Å². The molecule has 3 rings (SSSR count). The van der Waals surface area contributed by atoms with Gasteiger partial charge in [-0.2, -0.15) is 5.10 Å². The van der Waals surface area contributed by atoms with E-state index in [1.807, 2.05) is 12.1 Å². The van der Waals surface area contributed by atoms with Crippen molar-refractivity contribution in [3.8, 4) is 0 Å². The lowest BCUT2D eigenvalue weighted by Crippen LogP contribution is -2.06. The highest BCUT2D eigenvalue weighted by Crippen LogP contribution is 2.19. The summed E-state index contributed by atoms with van der Waals surface area (Å²) in [5.41, 5.74) is 1.01. The van der Waals surface area contributed by atoms with Crippen LogP contribution in [0.2, 0.25) is 0 Å². The second kappa shape index (κ2) is 2.41. The van der Waals surface area contributed by atoms with Crippen molar-refractivity contribution in [2.45, 2.75) is 0 Å². The van der Waals surface area contributed by atoms with Gasteiger partial charge in [0.05, 0.1) is 6.20 Å². The molecule has 5 nitrogen and oxygen atoms in total. The van der Waals surface area contributed by atoms with E-state index in [0.717, 1.165) is 10.8 Å². The standard InChI is InChI=1S/C9H6N4O/c14-9-7-6(4-11-13-9)5-2-1-3-10-8(5)12-7/h1-4H,(H,10,12)(H,13,14). The molecular formula is C9H6N4O. The van der Waals surface area contributed by atoms with Gasteiger partial charge in [0.2, 0.25) is 0 Å². The van der Waals surface area contributed by atoms with E-state index in [-0.39, 0.29) is 5.56 Å². The minimum absolute atomic E-state index is 0.222. The zero-order valence-corrected chi connectivity index (χ0v) is 7.11. The first-order valence-corrected chi connectivity index (χ1v) is 4.16. The van der Waals surface area contributed by atoms with E-state index < -0.39 is 0 Å². The Labute approximate surface area is 77.8 Å². The van der Waals surface area contributed by atoms with Gasteiger partial charge in [-0.1, -0.05) is 0 Å². The largest absolute Gasteiger partial charge is 0.335 e. The summed E-state index contributed by atoms with van der Waals surface area (Å²) in [7, 11) is 0. The van der Waals surface area contributed by atoms with Crippen LogP contribution in [0.3, 0.4) is 0 Å². The zero-order chi connectivity index (χ0) is 9.54. The number of rotatable bonds is 0. The number of fused-ring (bicyclic) bond motifs is 3. The monoisotopic (exact) mass is 186 g/mol. The number of nitrogens with one attached hydrogen (secondary N) is 2. The molecule has 68 valence electrons. The Kier molecular flexibility index (Phi) is 1.25. The van der Waals surface area contributed by atoms with Crippen LogP contribution in [-0.2, 0) is 0 Å². The highest BCUT2D eigenvalue weighted by molar-refractivity contribution is 6.04. The van der Waals surface area contributed by atoms with Crippen LogP contribution in [0.25, 0.3) is 21.9 Å². The fraction of sp³-hybridized carbons (Fsp3) is 0. The zero-order valence-electron chi connectivity index (χ0n) is 7.11. The van der Waals surface area contributed by atoms with Crippen LogP contribution in [0, 0.1) is 0 Å². The number of hydrogen-bond acceptors (Lipinski definition) is 3.